The molecule has 2 nitrogen and oxygen atoms in total. The van der Waals surface area contributed by atoms with Crippen molar-refractivity contribution in [1.82, 2.24) is 0 Å². The Morgan fingerprint density at radius 1 is 0.727 bits per heavy atom. The molecular formula is C20H22N2. The van der Waals surface area contributed by atoms with E-state index >= 15 is 0 Å². The molecule has 5 rings (SSSR count). The molecule has 2 aliphatic heterocycles. The molecule has 2 aromatic rings. The minimum atomic E-state index is 1.17. The van der Waals surface area contributed by atoms with Crippen molar-refractivity contribution in [1.29, 1.82) is 0 Å². The number of anilines is 2. The molecule has 0 saturated heterocycles. The van der Waals surface area contributed by atoms with Gasteiger partial charge in [0.25, 0.3) is 0 Å². The van der Waals surface area contributed by atoms with Crippen LogP contribution in [0.4, 0.5) is 11.4 Å². The van der Waals surface area contributed by atoms with Crippen LogP contribution in [0.2, 0.25) is 0 Å². The number of rotatable bonds is 0. The second-order valence-electron chi connectivity index (χ2n) is 7.01. The van der Waals surface area contributed by atoms with Gasteiger partial charge in [0.15, 0.2) is 0 Å². The van der Waals surface area contributed by atoms with Gasteiger partial charge in [0.1, 0.15) is 0 Å². The summed E-state index contributed by atoms with van der Waals surface area (Å²) in [7, 11) is 4.54. The van der Waals surface area contributed by atoms with E-state index in [-0.39, 0.29) is 0 Å². The quantitative estimate of drug-likeness (QED) is 0.733. The van der Waals surface area contributed by atoms with Gasteiger partial charge in [-0.25, -0.2) is 0 Å². The molecule has 2 aromatic carbocycles. The fourth-order valence-electron chi connectivity index (χ4n) is 4.89. The topological polar surface area (TPSA) is 6.48 Å². The highest BCUT2D eigenvalue weighted by molar-refractivity contribution is 5.91. The van der Waals surface area contributed by atoms with Crippen LogP contribution in [0.25, 0.3) is 11.1 Å². The molecule has 2 heterocycles. The van der Waals surface area contributed by atoms with Gasteiger partial charge in [-0.1, -0.05) is 24.3 Å². The van der Waals surface area contributed by atoms with Crippen molar-refractivity contribution >= 4 is 11.4 Å². The summed E-state index contributed by atoms with van der Waals surface area (Å²) in [5.74, 6) is 0. The highest BCUT2D eigenvalue weighted by Crippen LogP contribution is 2.51. The Morgan fingerprint density at radius 3 is 2.14 bits per heavy atom. The largest absolute Gasteiger partial charge is 0.374 e. The number of hydrogen-bond acceptors (Lipinski definition) is 2. The van der Waals surface area contributed by atoms with E-state index in [1.807, 2.05) is 0 Å². The maximum Gasteiger partial charge on any atom is 0.0457 e. The molecule has 3 aliphatic rings. The molecule has 0 amide bonds. The Kier molecular flexibility index (Phi) is 2.45. The van der Waals surface area contributed by atoms with Crippen molar-refractivity contribution in [2.24, 2.45) is 0 Å². The predicted octanol–water partition coefficient (Wildman–Crippen LogP) is 3.44. The monoisotopic (exact) mass is 290 g/mol. The Hall–Kier alpha value is -1.96. The van der Waals surface area contributed by atoms with Crippen LogP contribution in [-0.4, -0.2) is 27.2 Å². The molecule has 112 valence electrons. The molecule has 0 bridgehead atoms. The van der Waals surface area contributed by atoms with Gasteiger partial charge in [-0.2, -0.15) is 0 Å². The Morgan fingerprint density at radius 2 is 1.36 bits per heavy atom. The molecule has 0 atom stereocenters. The fourth-order valence-corrected chi connectivity index (χ4v) is 4.89. The van der Waals surface area contributed by atoms with Crippen molar-refractivity contribution in [2.45, 2.75) is 25.7 Å². The normalized spacial score (nSPS) is 18.1. The van der Waals surface area contributed by atoms with Crippen molar-refractivity contribution in [3.63, 3.8) is 0 Å². The number of aryl methyl sites for hydroxylation is 1. The molecule has 0 unspecified atom stereocenters. The Labute approximate surface area is 132 Å². The van der Waals surface area contributed by atoms with Crippen molar-refractivity contribution in [2.75, 3.05) is 37.0 Å². The molecule has 0 radical (unpaired) electrons. The third-order valence-electron chi connectivity index (χ3n) is 5.84. The van der Waals surface area contributed by atoms with Crippen molar-refractivity contribution < 1.29 is 0 Å². The lowest BCUT2D eigenvalue weighted by atomic mass is 9.80. The van der Waals surface area contributed by atoms with Crippen LogP contribution in [0.3, 0.4) is 0 Å². The number of fused-ring (bicyclic) bond motifs is 8. The summed E-state index contributed by atoms with van der Waals surface area (Å²) in [5, 5.41) is 0. The first-order valence-corrected chi connectivity index (χ1v) is 8.47. The average molecular weight is 290 g/mol. The molecule has 0 saturated carbocycles. The molecule has 22 heavy (non-hydrogen) atoms. The van der Waals surface area contributed by atoms with Crippen molar-refractivity contribution in [3.05, 3.63) is 46.5 Å². The van der Waals surface area contributed by atoms with Gasteiger partial charge in [0.2, 0.25) is 0 Å². The van der Waals surface area contributed by atoms with E-state index in [4.69, 9.17) is 0 Å². The second kappa shape index (κ2) is 4.28. The number of hydrogen-bond donors (Lipinski definition) is 0. The van der Waals surface area contributed by atoms with E-state index in [2.05, 4.69) is 48.2 Å². The third kappa shape index (κ3) is 1.45. The van der Waals surface area contributed by atoms with Crippen LogP contribution >= 0.6 is 0 Å². The third-order valence-corrected chi connectivity index (χ3v) is 5.84. The highest BCUT2D eigenvalue weighted by atomic mass is 15.2. The van der Waals surface area contributed by atoms with E-state index in [1.54, 1.807) is 33.6 Å². The minimum absolute atomic E-state index is 1.17. The summed E-state index contributed by atoms with van der Waals surface area (Å²) in [6.45, 7) is 2.35. The molecule has 0 N–H and O–H groups in total. The number of benzene rings is 2. The second-order valence-corrected chi connectivity index (χ2v) is 7.01. The number of nitrogens with zero attached hydrogens (tertiary/aromatic N) is 2. The zero-order valence-electron chi connectivity index (χ0n) is 13.4. The van der Waals surface area contributed by atoms with E-state index < -0.39 is 0 Å². The van der Waals surface area contributed by atoms with E-state index in [9.17, 15) is 0 Å². The first-order valence-electron chi connectivity index (χ1n) is 8.47. The smallest absolute Gasteiger partial charge is 0.0457 e. The Balaban J connectivity index is 1.90. The summed E-state index contributed by atoms with van der Waals surface area (Å²) >= 11 is 0. The molecule has 0 fully saturated rings. The van der Waals surface area contributed by atoms with Gasteiger partial charge in [0.05, 0.1) is 0 Å². The summed E-state index contributed by atoms with van der Waals surface area (Å²) in [5.41, 5.74) is 12.6. The fraction of sp³-hybridized carbons (Fsp3) is 0.400. The molecule has 0 aromatic heterocycles. The lowest BCUT2D eigenvalue weighted by molar-refractivity contribution is 0.910. The molecule has 1 aliphatic carbocycles. The summed E-state index contributed by atoms with van der Waals surface area (Å²) in [6, 6.07) is 9.05. The van der Waals surface area contributed by atoms with E-state index in [1.165, 1.54) is 49.9 Å². The van der Waals surface area contributed by atoms with Gasteiger partial charge in [-0.15, -0.1) is 0 Å². The van der Waals surface area contributed by atoms with Gasteiger partial charge >= 0.3 is 0 Å². The number of likely N-dealkylation sites (N-methyl/N-ethyl adjacent to an activating group) is 2. The maximum atomic E-state index is 2.49. The minimum Gasteiger partial charge on any atom is -0.374 e. The molecule has 2 heteroatoms. The predicted molar refractivity (Wildman–Crippen MR) is 93.2 cm³/mol. The lowest BCUT2D eigenvalue weighted by Crippen LogP contribution is -2.17. The summed E-state index contributed by atoms with van der Waals surface area (Å²) in [4.78, 5) is 4.99. The van der Waals surface area contributed by atoms with E-state index in [0.717, 1.165) is 0 Å². The van der Waals surface area contributed by atoms with Crippen LogP contribution in [0, 0.1) is 0 Å². The average Bonchev–Trinajstić information content (AvgIpc) is 3.11. The van der Waals surface area contributed by atoms with Gasteiger partial charge in [0, 0.05) is 44.1 Å². The van der Waals surface area contributed by atoms with Crippen LogP contribution in [0.1, 0.15) is 22.3 Å². The standard InChI is InChI=1S/C20H22N2/c1-21-11-9-16-18-14-6-4-3-5-13(14)7-8-15(18)19-17(20(16)21)10-12-22(19)2/h3-6H,7-12H2,1-2H3. The summed E-state index contributed by atoms with van der Waals surface area (Å²) < 4.78 is 0. The maximum absolute atomic E-state index is 2.49. The van der Waals surface area contributed by atoms with E-state index in [0.29, 0.717) is 0 Å². The zero-order chi connectivity index (χ0) is 14.8. The highest BCUT2D eigenvalue weighted by Gasteiger charge is 2.35. The van der Waals surface area contributed by atoms with Gasteiger partial charge in [-0.3, -0.25) is 0 Å². The van der Waals surface area contributed by atoms with Gasteiger partial charge < -0.3 is 9.80 Å². The van der Waals surface area contributed by atoms with Crippen LogP contribution in [0.5, 0.6) is 0 Å². The van der Waals surface area contributed by atoms with Crippen LogP contribution in [-0.2, 0) is 25.7 Å². The van der Waals surface area contributed by atoms with Crippen LogP contribution in [0.15, 0.2) is 24.3 Å². The Bertz CT molecular complexity index is 791. The SMILES string of the molecule is CN1CCc2c3c(c4c(c21)CCN4C)CCc1ccccc1-3. The first kappa shape index (κ1) is 12.6. The first-order chi connectivity index (χ1) is 10.8. The van der Waals surface area contributed by atoms with Crippen molar-refractivity contribution in [3.8, 4) is 11.1 Å². The van der Waals surface area contributed by atoms with Crippen LogP contribution < -0.4 is 9.80 Å². The summed E-state index contributed by atoms with van der Waals surface area (Å²) in [6.07, 6.45) is 4.82. The van der Waals surface area contributed by atoms with Gasteiger partial charge in [-0.05, 0) is 53.5 Å². The lowest BCUT2D eigenvalue weighted by Gasteiger charge is -2.29. The molecule has 0 spiro atoms. The molecular weight excluding hydrogens is 268 g/mol. The zero-order valence-corrected chi connectivity index (χ0v) is 13.4.